The summed E-state index contributed by atoms with van der Waals surface area (Å²) in [5.41, 5.74) is 0.703. The van der Waals surface area contributed by atoms with Crippen molar-refractivity contribution in [3.8, 4) is 0 Å². The molecule has 192 valence electrons. The number of amides is 2. The second-order valence-electron chi connectivity index (χ2n) is 8.21. The second kappa shape index (κ2) is 12.8. The molecule has 0 aliphatic rings. The average molecular weight is 563 g/mol. The van der Waals surface area contributed by atoms with E-state index < -0.39 is 28.5 Å². The van der Waals surface area contributed by atoms with E-state index >= 15 is 0 Å². The first-order chi connectivity index (χ1) is 16.4. The molecule has 0 aromatic heterocycles. The zero-order valence-corrected chi connectivity index (χ0v) is 23.2. The van der Waals surface area contributed by atoms with Crippen molar-refractivity contribution in [2.75, 3.05) is 17.1 Å². The lowest BCUT2D eigenvalue weighted by Gasteiger charge is -2.33. The summed E-state index contributed by atoms with van der Waals surface area (Å²) in [6.07, 6.45) is 2.01. The Morgan fingerprint density at radius 1 is 1.00 bits per heavy atom. The van der Waals surface area contributed by atoms with Gasteiger partial charge in [-0.2, -0.15) is 0 Å². The van der Waals surface area contributed by atoms with Gasteiger partial charge < -0.3 is 10.2 Å². The van der Waals surface area contributed by atoms with E-state index in [4.69, 9.17) is 34.8 Å². The third-order valence-electron chi connectivity index (χ3n) is 5.55. The quantitative estimate of drug-likeness (QED) is 0.411. The van der Waals surface area contributed by atoms with Crippen molar-refractivity contribution in [1.29, 1.82) is 0 Å². The predicted molar refractivity (Wildman–Crippen MR) is 143 cm³/mol. The van der Waals surface area contributed by atoms with E-state index in [0.717, 1.165) is 10.6 Å². The topological polar surface area (TPSA) is 86.8 Å². The zero-order chi connectivity index (χ0) is 26.3. The van der Waals surface area contributed by atoms with Gasteiger partial charge in [-0.15, -0.1) is 0 Å². The monoisotopic (exact) mass is 561 g/mol. The number of anilines is 1. The van der Waals surface area contributed by atoms with Gasteiger partial charge in [0, 0.05) is 33.2 Å². The number of carbonyl (C=O) groups is 2. The maximum absolute atomic E-state index is 13.7. The highest BCUT2D eigenvalue weighted by atomic mass is 35.5. The maximum atomic E-state index is 13.7. The van der Waals surface area contributed by atoms with Crippen molar-refractivity contribution in [2.45, 2.75) is 52.2 Å². The van der Waals surface area contributed by atoms with E-state index in [-0.39, 0.29) is 24.2 Å². The molecule has 2 aromatic carbocycles. The molecule has 0 radical (unpaired) electrons. The van der Waals surface area contributed by atoms with Crippen LogP contribution in [0.1, 0.15) is 39.2 Å². The van der Waals surface area contributed by atoms with Crippen LogP contribution in [0.2, 0.25) is 15.1 Å². The van der Waals surface area contributed by atoms with Gasteiger partial charge in [-0.25, -0.2) is 8.42 Å². The maximum Gasteiger partial charge on any atom is 0.244 e. The van der Waals surface area contributed by atoms with Gasteiger partial charge in [-0.3, -0.25) is 13.9 Å². The highest BCUT2D eigenvalue weighted by molar-refractivity contribution is 7.92. The van der Waals surface area contributed by atoms with Gasteiger partial charge in [0.1, 0.15) is 12.6 Å². The van der Waals surface area contributed by atoms with Crippen molar-refractivity contribution >= 4 is 62.3 Å². The summed E-state index contributed by atoms with van der Waals surface area (Å²) in [6, 6.07) is 10.2. The van der Waals surface area contributed by atoms with Crippen LogP contribution >= 0.6 is 34.8 Å². The largest absolute Gasteiger partial charge is 0.352 e. The summed E-state index contributed by atoms with van der Waals surface area (Å²) < 4.78 is 26.2. The number of hydrogen-bond donors (Lipinski definition) is 1. The number of carbonyl (C=O) groups excluding carboxylic acids is 2. The van der Waals surface area contributed by atoms with E-state index in [9.17, 15) is 18.0 Å². The third kappa shape index (κ3) is 8.00. The SMILES string of the molecule is CC[C@@H](C)NC(=O)[C@@H](CC)N(Cc1c(Cl)cccc1Cl)C(=O)CN(c1cccc(Cl)c1)S(C)(=O)=O. The summed E-state index contributed by atoms with van der Waals surface area (Å²) in [5.74, 6) is -0.926. The van der Waals surface area contributed by atoms with Gasteiger partial charge in [0.25, 0.3) is 0 Å². The molecule has 11 heteroatoms. The molecular formula is C24H30Cl3N3O4S. The molecule has 2 aromatic rings. The molecule has 0 unspecified atom stereocenters. The number of hydrogen-bond acceptors (Lipinski definition) is 4. The number of rotatable bonds is 11. The Bertz CT molecular complexity index is 1140. The second-order valence-corrected chi connectivity index (χ2v) is 11.4. The van der Waals surface area contributed by atoms with Crippen molar-refractivity contribution < 1.29 is 18.0 Å². The van der Waals surface area contributed by atoms with Gasteiger partial charge in [-0.1, -0.05) is 60.8 Å². The number of nitrogens with one attached hydrogen (secondary N) is 1. The summed E-state index contributed by atoms with van der Waals surface area (Å²) in [4.78, 5) is 28.1. The first-order valence-corrected chi connectivity index (χ1v) is 14.1. The zero-order valence-electron chi connectivity index (χ0n) is 20.1. The van der Waals surface area contributed by atoms with Gasteiger partial charge >= 0.3 is 0 Å². The third-order valence-corrected chi connectivity index (χ3v) is 7.64. The van der Waals surface area contributed by atoms with Crippen LogP contribution in [0.25, 0.3) is 0 Å². The molecule has 2 rings (SSSR count). The van der Waals surface area contributed by atoms with Gasteiger partial charge in [0.15, 0.2) is 0 Å². The molecule has 0 aliphatic carbocycles. The highest BCUT2D eigenvalue weighted by Gasteiger charge is 2.33. The number of sulfonamides is 1. The lowest BCUT2D eigenvalue weighted by molar-refractivity contribution is -0.140. The minimum absolute atomic E-state index is 0.0725. The van der Waals surface area contributed by atoms with Crippen molar-refractivity contribution in [3.05, 3.63) is 63.1 Å². The first kappa shape index (κ1) is 29.2. The molecule has 0 aliphatic heterocycles. The van der Waals surface area contributed by atoms with Crippen LogP contribution in [-0.2, 0) is 26.2 Å². The van der Waals surface area contributed by atoms with Crippen LogP contribution in [0.4, 0.5) is 5.69 Å². The Labute approximate surface area is 222 Å². The normalized spacial score (nSPS) is 13.1. The van der Waals surface area contributed by atoms with Crippen LogP contribution in [-0.4, -0.2) is 50.0 Å². The Hall–Kier alpha value is -2.00. The highest BCUT2D eigenvalue weighted by Crippen LogP contribution is 2.28. The minimum atomic E-state index is -3.85. The molecule has 35 heavy (non-hydrogen) atoms. The molecule has 0 fully saturated rings. The van der Waals surface area contributed by atoms with Crippen LogP contribution in [0.5, 0.6) is 0 Å². The molecule has 2 amide bonds. The molecular weight excluding hydrogens is 533 g/mol. The minimum Gasteiger partial charge on any atom is -0.352 e. The van der Waals surface area contributed by atoms with Crippen molar-refractivity contribution in [3.63, 3.8) is 0 Å². The van der Waals surface area contributed by atoms with Crippen LogP contribution in [0.15, 0.2) is 42.5 Å². The van der Waals surface area contributed by atoms with E-state index in [1.165, 1.54) is 11.0 Å². The fourth-order valence-corrected chi connectivity index (χ4v) is 5.00. The Kier molecular flexibility index (Phi) is 10.7. The molecule has 0 saturated carbocycles. The van der Waals surface area contributed by atoms with Crippen molar-refractivity contribution in [1.82, 2.24) is 10.2 Å². The van der Waals surface area contributed by atoms with Gasteiger partial charge in [-0.05, 0) is 50.1 Å². The van der Waals surface area contributed by atoms with E-state index in [1.807, 2.05) is 13.8 Å². The first-order valence-electron chi connectivity index (χ1n) is 11.1. The average Bonchev–Trinajstić information content (AvgIpc) is 2.78. The molecule has 2 atom stereocenters. The number of halogens is 3. The fourth-order valence-electron chi connectivity index (χ4n) is 3.46. The lowest BCUT2D eigenvalue weighted by atomic mass is 10.1. The Morgan fingerprint density at radius 2 is 1.60 bits per heavy atom. The molecule has 0 heterocycles. The summed E-state index contributed by atoms with van der Waals surface area (Å²) in [7, 11) is -3.85. The molecule has 7 nitrogen and oxygen atoms in total. The van der Waals surface area contributed by atoms with E-state index in [2.05, 4.69) is 5.32 Å². The smallest absolute Gasteiger partial charge is 0.244 e. The lowest BCUT2D eigenvalue weighted by Crippen LogP contribution is -2.53. The number of nitrogens with zero attached hydrogens (tertiary/aromatic N) is 2. The Balaban J connectivity index is 2.50. The summed E-state index contributed by atoms with van der Waals surface area (Å²) >= 11 is 18.8. The fraction of sp³-hybridized carbons (Fsp3) is 0.417. The van der Waals surface area contributed by atoms with Gasteiger partial charge in [0.2, 0.25) is 21.8 Å². The van der Waals surface area contributed by atoms with Gasteiger partial charge in [0.05, 0.1) is 11.9 Å². The number of benzene rings is 2. The summed E-state index contributed by atoms with van der Waals surface area (Å²) in [5, 5.41) is 3.90. The standard InChI is InChI=1S/C24H30Cl3N3O4S/c1-5-16(3)28-24(32)22(6-2)29(14-19-20(26)11-8-12-21(19)27)23(31)15-30(35(4,33)34)18-10-7-9-17(25)13-18/h7-13,16,22H,5-6,14-15H2,1-4H3,(H,28,32)/t16-,22-/m1/s1. The molecule has 0 spiro atoms. The Morgan fingerprint density at radius 3 is 2.11 bits per heavy atom. The van der Waals surface area contributed by atoms with Crippen LogP contribution in [0.3, 0.4) is 0 Å². The predicted octanol–water partition coefficient (Wildman–Crippen LogP) is 5.13. The van der Waals surface area contributed by atoms with E-state index in [1.54, 1.807) is 43.3 Å². The molecule has 0 saturated heterocycles. The van der Waals surface area contributed by atoms with E-state index in [0.29, 0.717) is 33.5 Å². The van der Waals surface area contributed by atoms with Crippen LogP contribution in [0, 0.1) is 0 Å². The molecule has 0 bridgehead atoms. The molecule has 1 N–H and O–H groups in total. The summed E-state index contributed by atoms with van der Waals surface area (Å²) in [6.45, 7) is 4.98. The van der Waals surface area contributed by atoms with Crippen LogP contribution < -0.4 is 9.62 Å². The van der Waals surface area contributed by atoms with Crippen molar-refractivity contribution in [2.24, 2.45) is 0 Å².